The second-order valence-electron chi connectivity index (χ2n) is 3.67. The van der Waals surface area contributed by atoms with E-state index in [1.165, 1.54) is 5.56 Å². The van der Waals surface area contributed by atoms with Gasteiger partial charge in [-0.25, -0.2) is 0 Å². The molecule has 0 heterocycles. The van der Waals surface area contributed by atoms with Crippen LogP contribution in [0.4, 0.5) is 0 Å². The van der Waals surface area contributed by atoms with E-state index in [2.05, 4.69) is 19.1 Å². The second-order valence-corrected chi connectivity index (χ2v) is 4.10. The standard InChI is InChI=1S/C11H16ClN/c1-8(7-9(2)13)10-3-5-11(12)6-4-10/h3-6,8-9H,7,13H2,1-2H3. The van der Waals surface area contributed by atoms with Crippen molar-refractivity contribution in [1.29, 1.82) is 0 Å². The summed E-state index contributed by atoms with van der Waals surface area (Å²) in [5.41, 5.74) is 7.04. The lowest BCUT2D eigenvalue weighted by molar-refractivity contribution is 0.586. The first-order valence-corrected chi connectivity index (χ1v) is 4.98. The highest BCUT2D eigenvalue weighted by Crippen LogP contribution is 2.21. The van der Waals surface area contributed by atoms with Crippen LogP contribution in [0.5, 0.6) is 0 Å². The summed E-state index contributed by atoms with van der Waals surface area (Å²) in [4.78, 5) is 0. The van der Waals surface area contributed by atoms with Crippen molar-refractivity contribution in [3.63, 3.8) is 0 Å². The predicted octanol–water partition coefficient (Wildman–Crippen LogP) is 3.18. The van der Waals surface area contributed by atoms with E-state index in [0.717, 1.165) is 11.4 Å². The molecule has 0 aliphatic carbocycles. The Bertz CT molecular complexity index is 253. The fourth-order valence-electron chi connectivity index (χ4n) is 1.49. The molecule has 0 saturated heterocycles. The van der Waals surface area contributed by atoms with Crippen molar-refractivity contribution in [1.82, 2.24) is 0 Å². The number of halogens is 1. The molecule has 2 atom stereocenters. The first-order chi connectivity index (χ1) is 6.09. The van der Waals surface area contributed by atoms with Crippen molar-refractivity contribution in [2.75, 3.05) is 0 Å². The molecule has 0 aliphatic heterocycles. The Morgan fingerprint density at radius 1 is 1.23 bits per heavy atom. The molecule has 0 fully saturated rings. The molecule has 1 rings (SSSR count). The molecule has 13 heavy (non-hydrogen) atoms. The van der Waals surface area contributed by atoms with Gasteiger partial charge >= 0.3 is 0 Å². The van der Waals surface area contributed by atoms with Gasteiger partial charge in [0.25, 0.3) is 0 Å². The van der Waals surface area contributed by atoms with Gasteiger partial charge in [-0.3, -0.25) is 0 Å². The summed E-state index contributed by atoms with van der Waals surface area (Å²) in [6.07, 6.45) is 1.02. The maximum Gasteiger partial charge on any atom is 0.0406 e. The molecule has 1 aromatic carbocycles. The summed E-state index contributed by atoms with van der Waals surface area (Å²) >= 11 is 5.80. The quantitative estimate of drug-likeness (QED) is 0.792. The molecule has 2 unspecified atom stereocenters. The zero-order valence-electron chi connectivity index (χ0n) is 8.13. The van der Waals surface area contributed by atoms with E-state index in [4.69, 9.17) is 17.3 Å². The molecule has 1 aromatic rings. The second kappa shape index (κ2) is 4.64. The van der Waals surface area contributed by atoms with Crippen LogP contribution in [0.1, 0.15) is 31.7 Å². The van der Waals surface area contributed by atoms with Gasteiger partial charge in [0.05, 0.1) is 0 Å². The SMILES string of the molecule is CC(N)CC(C)c1ccc(Cl)cc1. The molecule has 0 saturated carbocycles. The van der Waals surface area contributed by atoms with E-state index in [1.54, 1.807) is 0 Å². The third-order valence-electron chi connectivity index (χ3n) is 2.16. The van der Waals surface area contributed by atoms with Gasteiger partial charge in [-0.2, -0.15) is 0 Å². The van der Waals surface area contributed by atoms with Gasteiger partial charge in [0, 0.05) is 11.1 Å². The van der Waals surface area contributed by atoms with Crippen LogP contribution in [0.2, 0.25) is 5.02 Å². The van der Waals surface area contributed by atoms with E-state index in [9.17, 15) is 0 Å². The van der Waals surface area contributed by atoms with Gasteiger partial charge in [0.1, 0.15) is 0 Å². The van der Waals surface area contributed by atoms with Gasteiger partial charge in [0.2, 0.25) is 0 Å². The zero-order chi connectivity index (χ0) is 9.84. The van der Waals surface area contributed by atoms with Crippen LogP contribution in [-0.2, 0) is 0 Å². The maximum absolute atomic E-state index is 5.80. The molecule has 0 spiro atoms. The number of benzene rings is 1. The zero-order valence-corrected chi connectivity index (χ0v) is 8.88. The first-order valence-electron chi connectivity index (χ1n) is 4.60. The highest BCUT2D eigenvalue weighted by Gasteiger charge is 2.07. The summed E-state index contributed by atoms with van der Waals surface area (Å²) in [5, 5.41) is 0.789. The van der Waals surface area contributed by atoms with Crippen LogP contribution in [0, 0.1) is 0 Å². The maximum atomic E-state index is 5.80. The largest absolute Gasteiger partial charge is 0.328 e. The average Bonchev–Trinajstić information content (AvgIpc) is 2.04. The van der Waals surface area contributed by atoms with Gasteiger partial charge < -0.3 is 5.73 Å². The lowest BCUT2D eigenvalue weighted by atomic mass is 9.95. The lowest BCUT2D eigenvalue weighted by Gasteiger charge is -2.14. The van der Waals surface area contributed by atoms with E-state index >= 15 is 0 Å². The van der Waals surface area contributed by atoms with Gasteiger partial charge in [-0.1, -0.05) is 30.7 Å². The normalized spacial score (nSPS) is 15.4. The molecule has 2 N–H and O–H groups in total. The van der Waals surface area contributed by atoms with Crippen molar-refractivity contribution in [3.8, 4) is 0 Å². The summed E-state index contributed by atoms with van der Waals surface area (Å²) < 4.78 is 0. The number of hydrogen-bond acceptors (Lipinski definition) is 1. The third-order valence-corrected chi connectivity index (χ3v) is 2.42. The highest BCUT2D eigenvalue weighted by molar-refractivity contribution is 6.30. The Hall–Kier alpha value is -0.530. The van der Waals surface area contributed by atoms with Crippen molar-refractivity contribution in [2.24, 2.45) is 5.73 Å². The number of rotatable bonds is 3. The first kappa shape index (κ1) is 10.6. The van der Waals surface area contributed by atoms with Crippen molar-refractivity contribution in [3.05, 3.63) is 34.9 Å². The minimum atomic E-state index is 0.255. The monoisotopic (exact) mass is 197 g/mol. The molecule has 0 radical (unpaired) electrons. The van der Waals surface area contributed by atoms with Crippen LogP contribution < -0.4 is 5.73 Å². The van der Waals surface area contributed by atoms with Crippen molar-refractivity contribution >= 4 is 11.6 Å². The van der Waals surface area contributed by atoms with E-state index in [-0.39, 0.29) is 6.04 Å². The van der Waals surface area contributed by atoms with E-state index < -0.39 is 0 Å². The Morgan fingerprint density at radius 3 is 2.23 bits per heavy atom. The van der Waals surface area contributed by atoms with Crippen LogP contribution in [-0.4, -0.2) is 6.04 Å². The molecular formula is C11H16ClN. The number of hydrogen-bond donors (Lipinski definition) is 1. The summed E-state index contributed by atoms with van der Waals surface area (Å²) in [7, 11) is 0. The predicted molar refractivity (Wildman–Crippen MR) is 58.1 cm³/mol. The van der Waals surface area contributed by atoms with Crippen LogP contribution in [0.3, 0.4) is 0 Å². The highest BCUT2D eigenvalue weighted by atomic mass is 35.5. The van der Waals surface area contributed by atoms with E-state index in [0.29, 0.717) is 5.92 Å². The topological polar surface area (TPSA) is 26.0 Å². The Balaban J connectivity index is 2.66. The Kier molecular flexibility index (Phi) is 3.76. The molecule has 0 bridgehead atoms. The Morgan fingerprint density at radius 2 is 1.77 bits per heavy atom. The van der Waals surface area contributed by atoms with Gasteiger partial charge in [-0.15, -0.1) is 0 Å². The minimum absolute atomic E-state index is 0.255. The average molecular weight is 198 g/mol. The van der Waals surface area contributed by atoms with Crippen molar-refractivity contribution < 1.29 is 0 Å². The van der Waals surface area contributed by atoms with Crippen LogP contribution in [0.15, 0.2) is 24.3 Å². The van der Waals surface area contributed by atoms with Gasteiger partial charge in [0.15, 0.2) is 0 Å². The number of nitrogens with two attached hydrogens (primary N) is 1. The minimum Gasteiger partial charge on any atom is -0.328 e. The Labute approximate surface area is 84.9 Å². The molecule has 0 amide bonds. The third kappa shape index (κ3) is 3.37. The smallest absolute Gasteiger partial charge is 0.0406 e. The molecule has 72 valence electrons. The molecule has 2 heteroatoms. The summed E-state index contributed by atoms with van der Waals surface area (Å²) in [6, 6.07) is 8.24. The fraction of sp³-hybridized carbons (Fsp3) is 0.455. The summed E-state index contributed by atoms with van der Waals surface area (Å²) in [5.74, 6) is 0.511. The van der Waals surface area contributed by atoms with Crippen LogP contribution in [0.25, 0.3) is 0 Å². The molecule has 0 aromatic heterocycles. The van der Waals surface area contributed by atoms with Gasteiger partial charge in [-0.05, 0) is 37.0 Å². The fourth-order valence-corrected chi connectivity index (χ4v) is 1.61. The molecule has 1 nitrogen and oxygen atoms in total. The molecule has 0 aliphatic rings. The summed E-state index contributed by atoms with van der Waals surface area (Å²) in [6.45, 7) is 4.22. The van der Waals surface area contributed by atoms with E-state index in [1.807, 2.05) is 19.1 Å². The van der Waals surface area contributed by atoms with Crippen LogP contribution >= 0.6 is 11.6 Å². The molecular weight excluding hydrogens is 182 g/mol. The van der Waals surface area contributed by atoms with Crippen molar-refractivity contribution in [2.45, 2.75) is 32.2 Å². The lowest BCUT2D eigenvalue weighted by Crippen LogP contribution is -2.17.